The molecule has 25 heavy (non-hydrogen) atoms. The molecule has 0 unspecified atom stereocenters. The summed E-state index contributed by atoms with van der Waals surface area (Å²) < 4.78 is 0. The zero-order valence-electron chi connectivity index (χ0n) is 14.2. The number of nitrogens with zero attached hydrogens (tertiary/aromatic N) is 2. The normalized spacial score (nSPS) is 16.2. The first-order valence-electron chi connectivity index (χ1n) is 8.28. The van der Waals surface area contributed by atoms with E-state index in [1.807, 2.05) is 38.1 Å². The van der Waals surface area contributed by atoms with Crippen molar-refractivity contribution in [3.8, 4) is 0 Å². The van der Waals surface area contributed by atoms with Crippen molar-refractivity contribution in [2.45, 2.75) is 32.2 Å². The summed E-state index contributed by atoms with van der Waals surface area (Å²) in [6.45, 7) is 3.36. The number of imide groups is 1. The van der Waals surface area contributed by atoms with Gasteiger partial charge >= 0.3 is 6.03 Å². The molecule has 130 valence electrons. The quantitative estimate of drug-likeness (QED) is 0.817. The lowest BCUT2D eigenvalue weighted by Gasteiger charge is -2.23. The van der Waals surface area contributed by atoms with Crippen molar-refractivity contribution in [2.24, 2.45) is 0 Å². The van der Waals surface area contributed by atoms with E-state index >= 15 is 0 Å². The molecule has 0 bridgehead atoms. The maximum Gasteiger partial charge on any atom is 0.325 e. The van der Waals surface area contributed by atoms with E-state index in [0.29, 0.717) is 18.5 Å². The van der Waals surface area contributed by atoms with Crippen LogP contribution in [0.4, 0.5) is 10.5 Å². The van der Waals surface area contributed by atoms with Gasteiger partial charge in [-0.25, -0.2) is 4.79 Å². The van der Waals surface area contributed by atoms with Gasteiger partial charge in [0, 0.05) is 5.39 Å². The van der Waals surface area contributed by atoms with Gasteiger partial charge in [0.15, 0.2) is 0 Å². The van der Waals surface area contributed by atoms with Crippen LogP contribution in [0.3, 0.4) is 0 Å². The minimum atomic E-state index is -0.901. The molecule has 0 atom stereocenters. The summed E-state index contributed by atoms with van der Waals surface area (Å²) in [6, 6.07) is 8.82. The summed E-state index contributed by atoms with van der Waals surface area (Å²) >= 11 is 0. The maximum absolute atomic E-state index is 12.5. The Labute approximate surface area is 145 Å². The van der Waals surface area contributed by atoms with Gasteiger partial charge < -0.3 is 10.6 Å². The van der Waals surface area contributed by atoms with Gasteiger partial charge in [0.05, 0.1) is 17.4 Å². The second kappa shape index (κ2) is 6.51. The minimum Gasteiger partial charge on any atom is -0.323 e. The van der Waals surface area contributed by atoms with Crippen molar-refractivity contribution < 1.29 is 14.4 Å². The monoisotopic (exact) mass is 340 g/mol. The van der Waals surface area contributed by atoms with Crippen LogP contribution in [-0.4, -0.2) is 39.8 Å². The Bertz CT molecular complexity index is 845. The summed E-state index contributed by atoms with van der Waals surface area (Å²) in [6.07, 6.45) is 2.52. The van der Waals surface area contributed by atoms with Gasteiger partial charge in [-0.15, -0.1) is 0 Å². The molecule has 1 aliphatic rings. The number of urea groups is 1. The van der Waals surface area contributed by atoms with Gasteiger partial charge in [0.25, 0.3) is 5.91 Å². The molecule has 1 aromatic carbocycles. The molecule has 2 N–H and O–H groups in total. The number of rotatable bonds is 5. The number of carbonyl (C=O) groups is 3. The highest BCUT2D eigenvalue weighted by Gasteiger charge is 2.49. The molecule has 1 aromatic heterocycles. The van der Waals surface area contributed by atoms with Crippen LogP contribution in [0.15, 0.2) is 36.5 Å². The molecule has 1 aliphatic heterocycles. The van der Waals surface area contributed by atoms with Gasteiger partial charge in [-0.3, -0.25) is 19.5 Å². The number of benzene rings is 1. The molecule has 2 heterocycles. The van der Waals surface area contributed by atoms with Crippen molar-refractivity contribution in [3.05, 3.63) is 36.5 Å². The van der Waals surface area contributed by atoms with Crippen LogP contribution in [0.5, 0.6) is 0 Å². The molecular weight excluding hydrogens is 320 g/mol. The third kappa shape index (κ3) is 3.05. The highest BCUT2D eigenvalue weighted by atomic mass is 16.2. The molecule has 0 spiro atoms. The van der Waals surface area contributed by atoms with Gasteiger partial charge in [-0.1, -0.05) is 32.0 Å². The van der Waals surface area contributed by atoms with Crippen LogP contribution in [0, 0.1) is 0 Å². The third-order valence-corrected chi connectivity index (χ3v) is 4.63. The average Bonchev–Trinajstić information content (AvgIpc) is 2.86. The molecule has 3 rings (SSSR count). The Kier molecular flexibility index (Phi) is 4.39. The van der Waals surface area contributed by atoms with Gasteiger partial charge in [0.1, 0.15) is 12.1 Å². The first kappa shape index (κ1) is 16.9. The lowest BCUT2D eigenvalue weighted by molar-refractivity contribution is -0.134. The standard InChI is InChI=1S/C18H20N4O3/c1-3-18(4-2)16(24)22(17(25)21-18)11-15(23)20-13-9-12-7-5-6-8-14(12)19-10-13/h5-10H,3-4,11H2,1-2H3,(H,20,23)(H,21,25). The minimum absolute atomic E-state index is 0.320. The number of fused-ring (bicyclic) bond motifs is 1. The van der Waals surface area contributed by atoms with Crippen LogP contribution in [0.2, 0.25) is 0 Å². The number of carbonyl (C=O) groups excluding carboxylic acids is 3. The van der Waals surface area contributed by atoms with Crippen molar-refractivity contribution >= 4 is 34.4 Å². The summed E-state index contributed by atoms with van der Waals surface area (Å²) in [5.41, 5.74) is 0.445. The van der Waals surface area contributed by atoms with Crippen LogP contribution in [0.1, 0.15) is 26.7 Å². The summed E-state index contributed by atoms with van der Waals surface area (Å²) in [7, 11) is 0. The molecule has 7 heteroatoms. The van der Waals surface area contributed by atoms with Gasteiger partial charge in [-0.2, -0.15) is 0 Å². The van der Waals surface area contributed by atoms with E-state index in [1.54, 1.807) is 12.3 Å². The van der Waals surface area contributed by atoms with E-state index in [0.717, 1.165) is 15.8 Å². The first-order chi connectivity index (χ1) is 12.0. The molecule has 2 aromatic rings. The lowest BCUT2D eigenvalue weighted by atomic mass is 9.93. The Balaban J connectivity index is 1.71. The van der Waals surface area contributed by atoms with Gasteiger partial charge in [-0.05, 0) is 25.0 Å². The number of hydrogen-bond acceptors (Lipinski definition) is 4. The lowest BCUT2D eigenvalue weighted by Crippen LogP contribution is -2.46. The zero-order chi connectivity index (χ0) is 18.0. The SMILES string of the molecule is CCC1(CC)NC(=O)N(CC(=O)Nc2cnc3ccccc3c2)C1=O. The number of hydrogen-bond donors (Lipinski definition) is 2. The third-order valence-electron chi connectivity index (χ3n) is 4.63. The van der Waals surface area contributed by atoms with Gasteiger partial charge in [0.2, 0.25) is 5.91 Å². The first-order valence-corrected chi connectivity index (χ1v) is 8.28. The van der Waals surface area contributed by atoms with Crippen molar-refractivity contribution in [1.29, 1.82) is 0 Å². The Morgan fingerprint density at radius 3 is 2.64 bits per heavy atom. The Morgan fingerprint density at radius 1 is 1.24 bits per heavy atom. The zero-order valence-corrected chi connectivity index (χ0v) is 14.2. The largest absolute Gasteiger partial charge is 0.325 e. The predicted octanol–water partition coefficient (Wildman–Crippen LogP) is 2.28. The molecule has 0 saturated carbocycles. The van der Waals surface area contributed by atoms with Crippen LogP contribution in [0.25, 0.3) is 10.9 Å². The highest BCUT2D eigenvalue weighted by Crippen LogP contribution is 2.24. The molecule has 4 amide bonds. The number of para-hydroxylation sites is 1. The average molecular weight is 340 g/mol. The van der Waals surface area contributed by atoms with Crippen LogP contribution in [-0.2, 0) is 9.59 Å². The van der Waals surface area contributed by atoms with E-state index in [1.165, 1.54) is 0 Å². The molecular formula is C18H20N4O3. The summed E-state index contributed by atoms with van der Waals surface area (Å²) in [5, 5.41) is 6.29. The molecule has 1 saturated heterocycles. The van der Waals surface area contributed by atoms with Crippen LogP contribution < -0.4 is 10.6 Å². The number of amides is 4. The number of anilines is 1. The van der Waals surface area contributed by atoms with Crippen molar-refractivity contribution in [1.82, 2.24) is 15.2 Å². The summed E-state index contributed by atoms with van der Waals surface area (Å²) in [4.78, 5) is 42.1. The van der Waals surface area contributed by atoms with E-state index in [-0.39, 0.29) is 12.5 Å². The Hall–Kier alpha value is -2.96. The fraction of sp³-hybridized carbons (Fsp3) is 0.333. The van der Waals surface area contributed by atoms with E-state index < -0.39 is 17.5 Å². The van der Waals surface area contributed by atoms with E-state index in [4.69, 9.17) is 0 Å². The van der Waals surface area contributed by atoms with Crippen molar-refractivity contribution in [3.63, 3.8) is 0 Å². The smallest absolute Gasteiger partial charge is 0.323 e. The maximum atomic E-state index is 12.5. The van der Waals surface area contributed by atoms with Crippen molar-refractivity contribution in [2.75, 3.05) is 11.9 Å². The second-order valence-electron chi connectivity index (χ2n) is 6.08. The molecule has 7 nitrogen and oxygen atoms in total. The number of pyridine rings is 1. The van der Waals surface area contributed by atoms with E-state index in [2.05, 4.69) is 15.6 Å². The predicted molar refractivity (Wildman–Crippen MR) is 93.9 cm³/mol. The molecule has 0 aliphatic carbocycles. The topological polar surface area (TPSA) is 91.4 Å². The fourth-order valence-electron chi connectivity index (χ4n) is 3.03. The highest BCUT2D eigenvalue weighted by molar-refractivity contribution is 6.10. The van der Waals surface area contributed by atoms with Crippen LogP contribution >= 0.6 is 0 Å². The Morgan fingerprint density at radius 2 is 1.96 bits per heavy atom. The summed E-state index contributed by atoms with van der Waals surface area (Å²) in [5.74, 6) is -0.794. The molecule has 1 fully saturated rings. The molecule has 0 radical (unpaired) electrons. The second-order valence-corrected chi connectivity index (χ2v) is 6.08. The number of nitrogens with one attached hydrogen (secondary N) is 2. The van der Waals surface area contributed by atoms with E-state index in [9.17, 15) is 14.4 Å². The fourth-order valence-corrected chi connectivity index (χ4v) is 3.03. The number of aromatic nitrogens is 1.